The van der Waals surface area contributed by atoms with Crippen LogP contribution in [-0.4, -0.2) is 52.9 Å². The molecule has 1 amide bonds. The minimum atomic E-state index is -0.0356. The predicted octanol–water partition coefficient (Wildman–Crippen LogP) is 0.265. The molecule has 6 nitrogen and oxygen atoms in total. The third-order valence-electron chi connectivity index (χ3n) is 3.47. The Morgan fingerprint density at radius 1 is 1.58 bits per heavy atom. The fourth-order valence-corrected chi connectivity index (χ4v) is 2.32. The highest BCUT2D eigenvalue weighted by Crippen LogP contribution is 2.14. The average molecular weight is 266 g/mol. The van der Waals surface area contributed by atoms with Crippen LogP contribution in [0.15, 0.2) is 6.07 Å². The number of nitrogens with zero attached hydrogens (tertiary/aromatic N) is 3. The van der Waals surface area contributed by atoms with Crippen molar-refractivity contribution >= 4 is 5.91 Å². The van der Waals surface area contributed by atoms with Gasteiger partial charge in [0.2, 0.25) is 0 Å². The summed E-state index contributed by atoms with van der Waals surface area (Å²) in [6, 6.07) is 1.85. The van der Waals surface area contributed by atoms with Gasteiger partial charge in [-0.25, -0.2) is 0 Å². The van der Waals surface area contributed by atoms with Crippen molar-refractivity contribution in [3.8, 4) is 0 Å². The van der Waals surface area contributed by atoms with Crippen LogP contribution in [0.5, 0.6) is 0 Å². The number of rotatable bonds is 4. The zero-order valence-electron chi connectivity index (χ0n) is 11.6. The normalized spacial score (nSPS) is 19.7. The van der Waals surface area contributed by atoms with Gasteiger partial charge >= 0.3 is 0 Å². The molecule has 0 bridgehead atoms. The molecule has 0 radical (unpaired) electrons. The molecule has 2 N–H and O–H groups in total. The van der Waals surface area contributed by atoms with Gasteiger partial charge in [0.25, 0.3) is 5.91 Å². The topological polar surface area (TPSA) is 73.4 Å². The summed E-state index contributed by atoms with van der Waals surface area (Å²) >= 11 is 0. The first-order valence-electron chi connectivity index (χ1n) is 6.86. The van der Waals surface area contributed by atoms with Crippen molar-refractivity contribution in [1.29, 1.82) is 0 Å². The molecule has 0 spiro atoms. The van der Waals surface area contributed by atoms with E-state index in [4.69, 9.17) is 10.5 Å². The minimum Gasteiger partial charge on any atom is -0.377 e. The Morgan fingerprint density at radius 3 is 3.00 bits per heavy atom. The lowest BCUT2D eigenvalue weighted by atomic mass is 10.2. The van der Waals surface area contributed by atoms with E-state index in [0.29, 0.717) is 38.5 Å². The molecule has 106 valence electrons. The lowest BCUT2D eigenvalue weighted by Crippen LogP contribution is -2.52. The molecule has 1 aliphatic heterocycles. The van der Waals surface area contributed by atoms with Crippen LogP contribution in [-0.2, 0) is 17.7 Å². The second kappa shape index (κ2) is 6.16. The van der Waals surface area contributed by atoms with Crippen LogP contribution >= 0.6 is 0 Å². The van der Waals surface area contributed by atoms with Crippen LogP contribution in [0.25, 0.3) is 0 Å². The molecular formula is C13H22N4O2. The fraction of sp³-hybridized carbons (Fsp3) is 0.692. The number of amides is 1. The Bertz CT molecular complexity index is 444. The van der Waals surface area contributed by atoms with Gasteiger partial charge in [0.1, 0.15) is 5.69 Å². The Morgan fingerprint density at radius 2 is 2.37 bits per heavy atom. The van der Waals surface area contributed by atoms with Gasteiger partial charge in [-0.3, -0.25) is 9.48 Å². The summed E-state index contributed by atoms with van der Waals surface area (Å²) in [5.41, 5.74) is 7.31. The lowest BCUT2D eigenvalue weighted by molar-refractivity contribution is 0.000204. The molecule has 1 unspecified atom stereocenters. The van der Waals surface area contributed by atoms with Crippen LogP contribution in [0.3, 0.4) is 0 Å². The quantitative estimate of drug-likeness (QED) is 0.848. The number of nitrogens with two attached hydrogens (primary N) is 1. The lowest BCUT2D eigenvalue weighted by Gasteiger charge is -2.34. The van der Waals surface area contributed by atoms with Crippen LogP contribution in [0.2, 0.25) is 0 Å². The van der Waals surface area contributed by atoms with Crippen molar-refractivity contribution in [1.82, 2.24) is 14.7 Å². The predicted molar refractivity (Wildman–Crippen MR) is 72.0 cm³/mol. The molecular weight excluding hydrogens is 244 g/mol. The highest BCUT2D eigenvalue weighted by Gasteiger charge is 2.29. The van der Waals surface area contributed by atoms with Gasteiger partial charge in [-0.05, 0) is 19.4 Å². The minimum absolute atomic E-state index is 0.00722. The van der Waals surface area contributed by atoms with Crippen molar-refractivity contribution in [2.24, 2.45) is 5.73 Å². The van der Waals surface area contributed by atoms with Gasteiger partial charge in [-0.15, -0.1) is 0 Å². The number of hydrogen-bond donors (Lipinski definition) is 1. The summed E-state index contributed by atoms with van der Waals surface area (Å²) in [7, 11) is 0. The molecule has 1 atom stereocenters. The Hall–Kier alpha value is -1.40. The van der Waals surface area contributed by atoms with Crippen molar-refractivity contribution in [3.63, 3.8) is 0 Å². The number of aromatic nitrogens is 2. The van der Waals surface area contributed by atoms with Gasteiger partial charge in [0.05, 0.1) is 24.9 Å². The van der Waals surface area contributed by atoms with E-state index in [-0.39, 0.29) is 11.9 Å². The standard InChI is InChI=1S/C13H22N4O2/c1-3-10-7-12(17(4-2)15-10)13(18)16-5-6-19-9-11(16)8-14/h7,11H,3-6,8-9,14H2,1-2H3. The number of morpholine rings is 1. The maximum Gasteiger partial charge on any atom is 0.272 e. The van der Waals surface area contributed by atoms with E-state index in [1.165, 1.54) is 0 Å². The molecule has 2 heterocycles. The summed E-state index contributed by atoms with van der Waals surface area (Å²) in [6.07, 6.45) is 0.830. The van der Waals surface area contributed by atoms with E-state index < -0.39 is 0 Å². The van der Waals surface area contributed by atoms with Gasteiger partial charge in [-0.1, -0.05) is 6.92 Å². The number of ether oxygens (including phenoxy) is 1. The zero-order valence-corrected chi connectivity index (χ0v) is 11.6. The van der Waals surface area contributed by atoms with Crippen molar-refractivity contribution in [3.05, 3.63) is 17.5 Å². The third-order valence-corrected chi connectivity index (χ3v) is 3.47. The summed E-state index contributed by atoms with van der Waals surface area (Å²) in [5.74, 6) is 0.00722. The van der Waals surface area contributed by atoms with E-state index in [2.05, 4.69) is 5.10 Å². The average Bonchev–Trinajstić information content (AvgIpc) is 2.89. The maximum absolute atomic E-state index is 12.6. The highest BCUT2D eigenvalue weighted by atomic mass is 16.5. The smallest absolute Gasteiger partial charge is 0.272 e. The largest absolute Gasteiger partial charge is 0.377 e. The second-order valence-electron chi connectivity index (χ2n) is 4.65. The van der Waals surface area contributed by atoms with Gasteiger partial charge in [0.15, 0.2) is 0 Å². The maximum atomic E-state index is 12.6. The van der Waals surface area contributed by atoms with Gasteiger partial charge < -0.3 is 15.4 Å². The Balaban J connectivity index is 2.24. The number of carbonyl (C=O) groups is 1. The van der Waals surface area contributed by atoms with Crippen molar-refractivity contribution < 1.29 is 9.53 Å². The van der Waals surface area contributed by atoms with Crippen LogP contribution in [0, 0.1) is 0 Å². The monoisotopic (exact) mass is 266 g/mol. The van der Waals surface area contributed by atoms with E-state index >= 15 is 0 Å². The van der Waals surface area contributed by atoms with E-state index in [0.717, 1.165) is 12.1 Å². The highest BCUT2D eigenvalue weighted by molar-refractivity contribution is 5.93. The van der Waals surface area contributed by atoms with Crippen LogP contribution in [0.1, 0.15) is 30.0 Å². The second-order valence-corrected chi connectivity index (χ2v) is 4.65. The molecule has 1 aromatic heterocycles. The molecule has 0 aromatic carbocycles. The molecule has 2 rings (SSSR count). The van der Waals surface area contributed by atoms with Crippen molar-refractivity contribution in [2.75, 3.05) is 26.3 Å². The zero-order chi connectivity index (χ0) is 13.8. The SMILES string of the molecule is CCc1cc(C(=O)N2CCOCC2CN)n(CC)n1. The summed E-state index contributed by atoms with van der Waals surface area (Å²) < 4.78 is 7.14. The molecule has 6 heteroatoms. The molecule has 1 aliphatic rings. The van der Waals surface area contributed by atoms with E-state index in [9.17, 15) is 4.79 Å². The molecule has 1 fully saturated rings. The third kappa shape index (κ3) is 2.79. The van der Waals surface area contributed by atoms with Crippen LogP contribution < -0.4 is 5.73 Å². The first-order chi connectivity index (χ1) is 9.21. The number of hydrogen-bond acceptors (Lipinski definition) is 4. The van der Waals surface area contributed by atoms with E-state index in [1.54, 1.807) is 4.68 Å². The van der Waals surface area contributed by atoms with Gasteiger partial charge in [-0.2, -0.15) is 5.10 Å². The summed E-state index contributed by atoms with van der Waals surface area (Å²) in [4.78, 5) is 14.4. The number of aryl methyl sites for hydroxylation is 2. The molecule has 19 heavy (non-hydrogen) atoms. The molecule has 1 aromatic rings. The summed E-state index contributed by atoms with van der Waals surface area (Å²) in [5, 5.41) is 4.42. The summed E-state index contributed by atoms with van der Waals surface area (Å²) in [6.45, 7) is 6.83. The van der Waals surface area contributed by atoms with Gasteiger partial charge in [0, 0.05) is 19.6 Å². The molecule has 1 saturated heterocycles. The Kier molecular flexibility index (Phi) is 4.55. The fourth-order valence-electron chi connectivity index (χ4n) is 2.32. The molecule has 0 saturated carbocycles. The van der Waals surface area contributed by atoms with Crippen molar-refractivity contribution in [2.45, 2.75) is 32.9 Å². The number of carbonyl (C=O) groups excluding carboxylic acids is 1. The molecule has 0 aliphatic carbocycles. The van der Waals surface area contributed by atoms with Crippen LogP contribution in [0.4, 0.5) is 0 Å². The first-order valence-corrected chi connectivity index (χ1v) is 6.86. The first kappa shape index (κ1) is 14.0. The van der Waals surface area contributed by atoms with E-state index in [1.807, 2.05) is 24.8 Å². The Labute approximate surface area is 113 Å².